The molecule has 0 bridgehead atoms. The van der Waals surface area contributed by atoms with Crippen LogP contribution >= 0.6 is 0 Å². The van der Waals surface area contributed by atoms with Crippen molar-refractivity contribution in [2.75, 3.05) is 14.2 Å². The van der Waals surface area contributed by atoms with E-state index in [-0.39, 0.29) is 5.97 Å². The van der Waals surface area contributed by atoms with Crippen molar-refractivity contribution in [3.05, 3.63) is 11.8 Å². The summed E-state index contributed by atoms with van der Waals surface area (Å²) in [6.07, 6.45) is 1.59. The van der Waals surface area contributed by atoms with Gasteiger partial charge in [0.25, 0.3) is 0 Å². The van der Waals surface area contributed by atoms with Gasteiger partial charge in [-0.15, -0.1) is 0 Å². The van der Waals surface area contributed by atoms with Crippen molar-refractivity contribution in [3.8, 4) is 0 Å². The molecule has 1 N–H and O–H groups in total. The monoisotopic (exact) mass is 129 g/mol. The zero-order valence-electron chi connectivity index (χ0n) is 5.89. The number of ether oxygens (including phenoxy) is 1. The molecule has 0 rings (SSSR count). The van der Waals surface area contributed by atoms with Crippen LogP contribution in [0.3, 0.4) is 0 Å². The molecular weight excluding hydrogens is 118 g/mol. The predicted molar refractivity (Wildman–Crippen MR) is 34.8 cm³/mol. The lowest BCUT2D eigenvalue weighted by Crippen LogP contribution is -2.05. The van der Waals surface area contributed by atoms with Crippen molar-refractivity contribution in [2.24, 2.45) is 0 Å². The summed E-state index contributed by atoms with van der Waals surface area (Å²) in [5.41, 5.74) is 0.569. The summed E-state index contributed by atoms with van der Waals surface area (Å²) in [7, 11) is 3.09. The zero-order chi connectivity index (χ0) is 7.28. The summed E-state index contributed by atoms with van der Waals surface area (Å²) >= 11 is 0. The molecule has 52 valence electrons. The molecule has 0 spiro atoms. The maximum atomic E-state index is 10.6. The molecule has 0 aromatic rings. The fraction of sp³-hybridized carbons (Fsp3) is 0.500. The second-order valence-electron chi connectivity index (χ2n) is 1.61. The highest BCUT2D eigenvalue weighted by atomic mass is 16.5. The van der Waals surface area contributed by atoms with Crippen LogP contribution in [0.15, 0.2) is 11.8 Å². The first-order chi connectivity index (χ1) is 4.22. The van der Waals surface area contributed by atoms with E-state index >= 15 is 0 Å². The Bertz CT molecular complexity index is 129. The van der Waals surface area contributed by atoms with E-state index in [2.05, 4.69) is 10.1 Å². The van der Waals surface area contributed by atoms with Crippen molar-refractivity contribution in [3.63, 3.8) is 0 Å². The molecule has 0 saturated carbocycles. The summed E-state index contributed by atoms with van der Waals surface area (Å²) in [5, 5.41) is 2.72. The second-order valence-corrected chi connectivity index (χ2v) is 1.61. The van der Waals surface area contributed by atoms with Crippen LogP contribution in [0.4, 0.5) is 0 Å². The van der Waals surface area contributed by atoms with E-state index < -0.39 is 0 Å². The number of methoxy groups -OCH3 is 1. The first-order valence-electron chi connectivity index (χ1n) is 2.64. The average molecular weight is 129 g/mol. The third kappa shape index (κ3) is 2.74. The van der Waals surface area contributed by atoms with Gasteiger partial charge in [-0.25, -0.2) is 4.79 Å². The lowest BCUT2D eigenvalue weighted by Gasteiger charge is -1.96. The number of nitrogens with one attached hydrogen (secondary N) is 1. The van der Waals surface area contributed by atoms with Gasteiger partial charge in [-0.3, -0.25) is 0 Å². The van der Waals surface area contributed by atoms with E-state index in [4.69, 9.17) is 0 Å². The van der Waals surface area contributed by atoms with Crippen molar-refractivity contribution >= 4 is 5.97 Å². The Morgan fingerprint density at radius 1 is 1.67 bits per heavy atom. The summed E-state index contributed by atoms with van der Waals surface area (Å²) < 4.78 is 4.42. The smallest absolute Gasteiger partial charge is 0.334 e. The molecule has 3 heteroatoms. The number of hydrogen-bond donors (Lipinski definition) is 1. The highest BCUT2D eigenvalue weighted by Gasteiger charge is 1.99. The Morgan fingerprint density at radius 2 is 2.22 bits per heavy atom. The van der Waals surface area contributed by atoms with Crippen LogP contribution in [0.1, 0.15) is 6.92 Å². The van der Waals surface area contributed by atoms with Crippen molar-refractivity contribution < 1.29 is 9.53 Å². The minimum absolute atomic E-state index is 0.302. The van der Waals surface area contributed by atoms with Crippen LogP contribution in [0.5, 0.6) is 0 Å². The first kappa shape index (κ1) is 8.01. The Kier molecular flexibility index (Phi) is 3.51. The van der Waals surface area contributed by atoms with E-state index in [1.807, 2.05) is 0 Å². The van der Waals surface area contributed by atoms with Crippen LogP contribution in [0.25, 0.3) is 0 Å². The average Bonchev–Trinajstić information content (AvgIpc) is 1.87. The van der Waals surface area contributed by atoms with E-state index in [1.54, 1.807) is 20.2 Å². The molecule has 0 atom stereocenters. The predicted octanol–water partition coefficient (Wildman–Crippen LogP) is 0.283. The first-order valence-corrected chi connectivity index (χ1v) is 2.64. The van der Waals surface area contributed by atoms with Gasteiger partial charge >= 0.3 is 5.97 Å². The van der Waals surface area contributed by atoms with Gasteiger partial charge in [-0.2, -0.15) is 0 Å². The molecule has 0 radical (unpaired) electrons. The third-order valence-corrected chi connectivity index (χ3v) is 0.868. The van der Waals surface area contributed by atoms with Crippen LogP contribution in [0.2, 0.25) is 0 Å². The van der Waals surface area contributed by atoms with Gasteiger partial charge in [-0.1, -0.05) is 0 Å². The largest absolute Gasteiger partial charge is 0.466 e. The number of carbonyl (C=O) groups is 1. The molecule has 0 amide bonds. The summed E-state index contributed by atoms with van der Waals surface area (Å²) in [4.78, 5) is 10.6. The third-order valence-electron chi connectivity index (χ3n) is 0.868. The topological polar surface area (TPSA) is 38.3 Å². The highest BCUT2D eigenvalue weighted by molar-refractivity contribution is 5.87. The maximum absolute atomic E-state index is 10.6. The van der Waals surface area contributed by atoms with Crippen LogP contribution in [-0.4, -0.2) is 20.1 Å². The van der Waals surface area contributed by atoms with E-state index in [0.717, 1.165) is 0 Å². The molecule has 0 aliphatic heterocycles. The number of hydrogen-bond acceptors (Lipinski definition) is 3. The molecule has 9 heavy (non-hydrogen) atoms. The quantitative estimate of drug-likeness (QED) is 0.430. The molecule has 3 nitrogen and oxygen atoms in total. The lowest BCUT2D eigenvalue weighted by atomic mass is 10.3. The maximum Gasteiger partial charge on any atom is 0.334 e. The fourth-order valence-corrected chi connectivity index (χ4v) is 0.436. The summed E-state index contributed by atoms with van der Waals surface area (Å²) in [6, 6.07) is 0. The normalized spacial score (nSPS) is 10.8. The molecule has 0 saturated heterocycles. The second kappa shape index (κ2) is 3.95. The van der Waals surface area contributed by atoms with Gasteiger partial charge in [0.05, 0.1) is 7.11 Å². The molecule has 0 heterocycles. The number of carbonyl (C=O) groups excluding carboxylic acids is 1. The molecule has 0 aromatic carbocycles. The van der Waals surface area contributed by atoms with Gasteiger partial charge in [0.15, 0.2) is 0 Å². The number of esters is 1. The Balaban J connectivity index is 3.86. The SMILES string of the molecule is CN/C=C(/C)C(=O)OC. The Labute approximate surface area is 54.7 Å². The molecule has 0 fully saturated rings. The molecule has 0 unspecified atom stereocenters. The minimum Gasteiger partial charge on any atom is -0.466 e. The van der Waals surface area contributed by atoms with Gasteiger partial charge in [-0.05, 0) is 6.92 Å². The summed E-state index contributed by atoms with van der Waals surface area (Å²) in [5.74, 6) is -0.302. The van der Waals surface area contributed by atoms with Gasteiger partial charge in [0.1, 0.15) is 0 Å². The highest BCUT2D eigenvalue weighted by Crippen LogP contribution is 1.91. The van der Waals surface area contributed by atoms with Gasteiger partial charge in [0, 0.05) is 18.8 Å². The van der Waals surface area contributed by atoms with Crippen LogP contribution in [0, 0.1) is 0 Å². The van der Waals surface area contributed by atoms with E-state index in [9.17, 15) is 4.79 Å². The molecular formula is C6H11NO2. The lowest BCUT2D eigenvalue weighted by molar-refractivity contribution is -0.136. The van der Waals surface area contributed by atoms with Crippen molar-refractivity contribution in [2.45, 2.75) is 6.92 Å². The van der Waals surface area contributed by atoms with Crippen LogP contribution in [-0.2, 0) is 9.53 Å². The molecule has 0 aliphatic rings. The fourth-order valence-electron chi connectivity index (χ4n) is 0.436. The molecule has 0 aliphatic carbocycles. The summed E-state index contributed by atoms with van der Waals surface area (Å²) in [6.45, 7) is 1.68. The minimum atomic E-state index is -0.302. The zero-order valence-corrected chi connectivity index (χ0v) is 5.89. The van der Waals surface area contributed by atoms with E-state index in [0.29, 0.717) is 5.57 Å². The van der Waals surface area contributed by atoms with Gasteiger partial charge < -0.3 is 10.1 Å². The Morgan fingerprint density at radius 3 is 2.56 bits per heavy atom. The Hall–Kier alpha value is -0.990. The molecule has 0 aromatic heterocycles. The van der Waals surface area contributed by atoms with Gasteiger partial charge in [0.2, 0.25) is 0 Å². The van der Waals surface area contributed by atoms with E-state index in [1.165, 1.54) is 7.11 Å². The number of rotatable bonds is 2. The van der Waals surface area contributed by atoms with Crippen molar-refractivity contribution in [1.82, 2.24) is 5.32 Å². The van der Waals surface area contributed by atoms with Crippen LogP contribution < -0.4 is 5.32 Å². The van der Waals surface area contributed by atoms with Crippen molar-refractivity contribution in [1.29, 1.82) is 0 Å². The standard InChI is InChI=1S/C6H11NO2/c1-5(4-7-2)6(8)9-3/h4,7H,1-3H3/b5-4-.